The van der Waals surface area contributed by atoms with E-state index in [-0.39, 0.29) is 23.6 Å². The molecule has 3 rings (SSSR count). The minimum atomic E-state index is -1.00. The van der Waals surface area contributed by atoms with Crippen LogP contribution in [0.15, 0.2) is 59.1 Å². The quantitative estimate of drug-likeness (QED) is 0.573. The maximum Gasteiger partial charge on any atom is 0.341 e. The topological polar surface area (TPSA) is 93.5 Å². The van der Waals surface area contributed by atoms with E-state index in [4.69, 9.17) is 9.26 Å². The molecular weight excluding hydrogens is 377 g/mol. The summed E-state index contributed by atoms with van der Waals surface area (Å²) in [6.07, 6.45) is -0.722. The number of carbonyl (C=O) groups is 2. The number of hydrogen-bond acceptors (Lipinski definition) is 6. The Morgan fingerprint density at radius 2 is 1.90 bits per heavy atom. The first-order valence-electron chi connectivity index (χ1n) is 9.03. The molecule has 1 amide bonds. The molecule has 0 bridgehead atoms. The van der Waals surface area contributed by atoms with Crippen molar-refractivity contribution in [1.29, 1.82) is 0 Å². The summed E-state index contributed by atoms with van der Waals surface area (Å²) in [5.41, 5.74) is 1.34. The molecule has 0 saturated carbocycles. The summed E-state index contributed by atoms with van der Waals surface area (Å²) in [6, 6.07) is 14.0. The molecule has 0 aliphatic rings. The van der Waals surface area contributed by atoms with Crippen LogP contribution in [0.3, 0.4) is 0 Å². The van der Waals surface area contributed by atoms with Gasteiger partial charge in [0.25, 0.3) is 5.91 Å². The lowest BCUT2D eigenvalue weighted by molar-refractivity contribution is -0.124. The first-order valence-corrected chi connectivity index (χ1v) is 9.03. The van der Waals surface area contributed by atoms with Gasteiger partial charge in [0.1, 0.15) is 11.6 Å². The number of amides is 1. The van der Waals surface area contributed by atoms with Gasteiger partial charge in [0.15, 0.2) is 11.9 Å². The van der Waals surface area contributed by atoms with Crippen LogP contribution >= 0.6 is 0 Å². The Kier molecular flexibility index (Phi) is 6.23. The van der Waals surface area contributed by atoms with Crippen molar-refractivity contribution in [1.82, 2.24) is 5.16 Å². The fourth-order valence-electron chi connectivity index (χ4n) is 2.61. The maximum atomic E-state index is 13.1. The Morgan fingerprint density at radius 1 is 1.17 bits per heavy atom. The molecule has 7 nitrogen and oxygen atoms in total. The molecular formula is C21H20FN3O4. The molecule has 2 N–H and O–H groups in total. The van der Waals surface area contributed by atoms with E-state index in [2.05, 4.69) is 15.8 Å². The van der Waals surface area contributed by atoms with Crippen LogP contribution in [0.25, 0.3) is 0 Å². The lowest BCUT2D eigenvalue weighted by atomic mass is 10.1. The van der Waals surface area contributed by atoms with Crippen LogP contribution < -0.4 is 10.6 Å². The van der Waals surface area contributed by atoms with Gasteiger partial charge >= 0.3 is 5.97 Å². The number of aryl methyl sites for hydroxylation is 1. The molecule has 1 atom stereocenters. The number of anilines is 3. The zero-order valence-corrected chi connectivity index (χ0v) is 15.9. The molecule has 29 heavy (non-hydrogen) atoms. The van der Waals surface area contributed by atoms with E-state index >= 15 is 0 Å². The minimum Gasteiger partial charge on any atom is -0.449 e. The van der Waals surface area contributed by atoms with Crippen LogP contribution in [-0.2, 0) is 9.53 Å². The van der Waals surface area contributed by atoms with Gasteiger partial charge in [0.2, 0.25) is 0 Å². The zero-order valence-electron chi connectivity index (χ0n) is 15.9. The van der Waals surface area contributed by atoms with Crippen molar-refractivity contribution in [2.45, 2.75) is 26.4 Å². The molecule has 1 heterocycles. The highest BCUT2D eigenvalue weighted by molar-refractivity contribution is 6.00. The Hall–Kier alpha value is -3.68. The first-order chi connectivity index (χ1) is 14.0. The number of para-hydroxylation sites is 1. The third-order valence-electron chi connectivity index (χ3n) is 4.06. The Labute approximate surface area is 166 Å². The van der Waals surface area contributed by atoms with Crippen molar-refractivity contribution in [3.05, 3.63) is 71.7 Å². The fraction of sp³-hybridized carbons (Fsp3) is 0.190. The highest BCUT2D eigenvalue weighted by Crippen LogP contribution is 2.23. The number of aromatic nitrogens is 1. The Bertz CT molecular complexity index is 1000. The van der Waals surface area contributed by atoms with E-state index < -0.39 is 18.0 Å². The van der Waals surface area contributed by atoms with Gasteiger partial charge in [-0.05, 0) is 49.7 Å². The normalized spacial score (nSPS) is 11.6. The summed E-state index contributed by atoms with van der Waals surface area (Å²) in [4.78, 5) is 25.1. The molecule has 3 aromatic rings. The number of nitrogens with one attached hydrogen (secondary N) is 2. The smallest absolute Gasteiger partial charge is 0.341 e. The molecule has 0 fully saturated rings. The third-order valence-corrected chi connectivity index (χ3v) is 4.06. The summed E-state index contributed by atoms with van der Waals surface area (Å²) >= 11 is 0. The van der Waals surface area contributed by atoms with Crippen LogP contribution in [0.2, 0.25) is 0 Å². The molecule has 1 aromatic heterocycles. The molecule has 0 aliphatic carbocycles. The number of nitrogens with zero attached hydrogens (tertiary/aromatic N) is 1. The average Bonchev–Trinajstić information content (AvgIpc) is 3.12. The number of esters is 1. The monoisotopic (exact) mass is 397 g/mol. The number of ether oxygens (including phenoxy) is 1. The van der Waals surface area contributed by atoms with Gasteiger partial charge < -0.3 is 19.9 Å². The lowest BCUT2D eigenvalue weighted by Crippen LogP contribution is -2.32. The van der Waals surface area contributed by atoms with Crippen molar-refractivity contribution >= 4 is 29.1 Å². The van der Waals surface area contributed by atoms with Gasteiger partial charge in [-0.3, -0.25) is 4.79 Å². The molecule has 0 spiro atoms. The largest absolute Gasteiger partial charge is 0.449 e. The zero-order chi connectivity index (χ0) is 20.8. The minimum absolute atomic E-state index is 0.250. The molecule has 2 aromatic carbocycles. The van der Waals surface area contributed by atoms with E-state index in [0.29, 0.717) is 17.1 Å². The highest BCUT2D eigenvalue weighted by atomic mass is 19.1. The van der Waals surface area contributed by atoms with Gasteiger partial charge in [-0.25, -0.2) is 9.18 Å². The van der Waals surface area contributed by atoms with Crippen molar-refractivity contribution in [3.63, 3.8) is 0 Å². The van der Waals surface area contributed by atoms with Crippen LogP contribution in [0.1, 0.15) is 29.5 Å². The Morgan fingerprint density at radius 3 is 2.55 bits per heavy atom. The summed E-state index contributed by atoms with van der Waals surface area (Å²) in [5, 5.41) is 9.30. The second kappa shape index (κ2) is 9.01. The number of benzene rings is 2. The average molecular weight is 397 g/mol. The van der Waals surface area contributed by atoms with Crippen LogP contribution in [0, 0.1) is 12.7 Å². The highest BCUT2D eigenvalue weighted by Gasteiger charge is 2.24. The van der Waals surface area contributed by atoms with E-state index in [9.17, 15) is 14.0 Å². The molecule has 0 radical (unpaired) electrons. The van der Waals surface area contributed by atoms with E-state index in [0.717, 1.165) is 0 Å². The summed E-state index contributed by atoms with van der Waals surface area (Å²) in [6.45, 7) is 3.43. The summed E-state index contributed by atoms with van der Waals surface area (Å²) in [7, 11) is 0. The molecule has 0 unspecified atom stereocenters. The first kappa shape index (κ1) is 20.1. The van der Waals surface area contributed by atoms with Gasteiger partial charge in [0, 0.05) is 11.8 Å². The SMILES string of the molecule is CC[C@H](OC(=O)c1ccccc1Nc1ccc(F)cc1)C(=O)Nc1cc(C)on1. The molecule has 0 saturated heterocycles. The van der Waals surface area contributed by atoms with Crippen LogP contribution in [0.4, 0.5) is 21.6 Å². The van der Waals surface area contributed by atoms with Crippen LogP contribution in [-0.4, -0.2) is 23.1 Å². The number of carbonyl (C=O) groups excluding carboxylic acids is 2. The van der Waals surface area contributed by atoms with E-state index in [1.54, 1.807) is 56.3 Å². The van der Waals surface area contributed by atoms with Gasteiger partial charge in [0.05, 0.1) is 11.3 Å². The van der Waals surface area contributed by atoms with Crippen molar-refractivity contribution < 1.29 is 23.2 Å². The van der Waals surface area contributed by atoms with Gasteiger partial charge in [-0.1, -0.05) is 24.2 Å². The molecule has 150 valence electrons. The number of rotatable bonds is 7. The second-order valence-corrected chi connectivity index (χ2v) is 6.29. The number of hydrogen-bond donors (Lipinski definition) is 2. The summed E-state index contributed by atoms with van der Waals surface area (Å²) in [5.74, 6) is -0.722. The van der Waals surface area contributed by atoms with Gasteiger partial charge in [-0.15, -0.1) is 0 Å². The van der Waals surface area contributed by atoms with Gasteiger partial charge in [-0.2, -0.15) is 0 Å². The van der Waals surface area contributed by atoms with Crippen molar-refractivity contribution in [3.8, 4) is 0 Å². The predicted octanol–water partition coefficient (Wildman–Crippen LogP) is 4.44. The maximum absolute atomic E-state index is 13.1. The van der Waals surface area contributed by atoms with E-state index in [1.807, 2.05) is 0 Å². The fourth-order valence-corrected chi connectivity index (χ4v) is 2.61. The standard InChI is InChI=1S/C21H20FN3O4/c1-3-18(20(26)24-19-12-13(2)29-25-19)28-21(27)16-6-4-5-7-17(16)23-15-10-8-14(22)9-11-15/h4-12,18,23H,3H2,1-2H3,(H,24,25,26)/t18-/m0/s1. The number of halogens is 1. The van der Waals surface area contributed by atoms with Crippen LogP contribution in [0.5, 0.6) is 0 Å². The van der Waals surface area contributed by atoms with Crippen molar-refractivity contribution in [2.24, 2.45) is 0 Å². The van der Waals surface area contributed by atoms with E-state index in [1.165, 1.54) is 12.1 Å². The lowest BCUT2D eigenvalue weighted by Gasteiger charge is -2.17. The summed E-state index contributed by atoms with van der Waals surface area (Å²) < 4.78 is 23.4. The Balaban J connectivity index is 1.72. The predicted molar refractivity (Wildman–Crippen MR) is 105 cm³/mol. The molecule has 0 aliphatic heterocycles. The second-order valence-electron chi connectivity index (χ2n) is 6.29. The third kappa shape index (κ3) is 5.19. The van der Waals surface area contributed by atoms with Crippen molar-refractivity contribution in [2.75, 3.05) is 10.6 Å². The molecule has 8 heteroatoms.